The lowest BCUT2D eigenvalue weighted by atomic mass is 10.2. The van der Waals surface area contributed by atoms with Crippen molar-refractivity contribution in [3.05, 3.63) is 61.5 Å². The van der Waals surface area contributed by atoms with Gasteiger partial charge in [-0.15, -0.1) is 0 Å². The number of nitrogens with one attached hydrogen (secondary N) is 1. The first-order chi connectivity index (χ1) is 8.56. The van der Waals surface area contributed by atoms with Crippen LogP contribution in [0.3, 0.4) is 0 Å². The summed E-state index contributed by atoms with van der Waals surface area (Å²) in [5, 5.41) is 4.13. The van der Waals surface area contributed by atoms with Gasteiger partial charge in [-0.3, -0.25) is 0 Å². The summed E-state index contributed by atoms with van der Waals surface area (Å²) in [6.45, 7) is 2.80. The third-order valence-electron chi connectivity index (χ3n) is 2.66. The highest BCUT2D eigenvalue weighted by Crippen LogP contribution is 2.24. The lowest BCUT2D eigenvalue weighted by Crippen LogP contribution is -2.00. The maximum absolute atomic E-state index is 5.99. The fourth-order valence-corrected chi connectivity index (χ4v) is 2.54. The zero-order valence-corrected chi connectivity index (χ0v) is 13.7. The van der Waals surface area contributed by atoms with Crippen LogP contribution in [0.15, 0.2) is 45.3 Å². The van der Waals surface area contributed by atoms with Crippen molar-refractivity contribution < 1.29 is 0 Å². The first-order valence-electron chi connectivity index (χ1n) is 5.50. The minimum Gasteiger partial charge on any atom is -0.381 e. The summed E-state index contributed by atoms with van der Waals surface area (Å²) in [5.74, 6) is 0. The lowest BCUT2D eigenvalue weighted by molar-refractivity contribution is 1.13. The average molecular weight is 390 g/mol. The largest absolute Gasteiger partial charge is 0.381 e. The quantitative estimate of drug-likeness (QED) is 0.701. The van der Waals surface area contributed by atoms with E-state index in [1.54, 1.807) is 0 Å². The average Bonchev–Trinajstić information content (AvgIpc) is 2.34. The van der Waals surface area contributed by atoms with Crippen molar-refractivity contribution in [2.75, 3.05) is 5.32 Å². The number of hydrogen-bond donors (Lipinski definition) is 1. The van der Waals surface area contributed by atoms with E-state index in [4.69, 9.17) is 11.6 Å². The molecule has 2 rings (SSSR count). The number of benzene rings is 2. The van der Waals surface area contributed by atoms with Gasteiger partial charge in [0.05, 0.1) is 0 Å². The molecule has 1 N–H and O–H groups in total. The van der Waals surface area contributed by atoms with Crippen LogP contribution in [0.25, 0.3) is 0 Å². The SMILES string of the molecule is Cc1ccc(NCc2cc(Cl)ccc2Br)cc1Br. The molecule has 0 aliphatic heterocycles. The summed E-state index contributed by atoms with van der Waals surface area (Å²) in [6.07, 6.45) is 0. The molecule has 0 heterocycles. The molecule has 0 unspecified atom stereocenters. The van der Waals surface area contributed by atoms with Crippen LogP contribution >= 0.6 is 43.5 Å². The van der Waals surface area contributed by atoms with E-state index in [-0.39, 0.29) is 0 Å². The van der Waals surface area contributed by atoms with E-state index >= 15 is 0 Å². The topological polar surface area (TPSA) is 12.0 Å². The molecule has 0 saturated carbocycles. The molecular weight excluding hydrogens is 377 g/mol. The molecular formula is C14H12Br2ClN. The Morgan fingerprint density at radius 3 is 2.56 bits per heavy atom. The van der Waals surface area contributed by atoms with Crippen molar-refractivity contribution in [3.63, 3.8) is 0 Å². The van der Waals surface area contributed by atoms with E-state index in [1.807, 2.05) is 18.2 Å². The van der Waals surface area contributed by atoms with Crippen molar-refractivity contribution in [3.8, 4) is 0 Å². The predicted octanol–water partition coefficient (Wildman–Crippen LogP) is 5.79. The molecule has 1 nitrogen and oxygen atoms in total. The summed E-state index contributed by atoms with van der Waals surface area (Å²) in [5.41, 5.74) is 3.45. The van der Waals surface area contributed by atoms with Gasteiger partial charge in [-0.2, -0.15) is 0 Å². The summed E-state index contributed by atoms with van der Waals surface area (Å²) in [6, 6.07) is 12.0. The molecule has 0 aliphatic carbocycles. The molecule has 0 aromatic heterocycles. The van der Waals surface area contributed by atoms with Gasteiger partial charge in [0.15, 0.2) is 0 Å². The molecule has 2 aromatic carbocycles. The summed E-state index contributed by atoms with van der Waals surface area (Å²) < 4.78 is 2.17. The first-order valence-corrected chi connectivity index (χ1v) is 7.46. The maximum Gasteiger partial charge on any atom is 0.0412 e. The monoisotopic (exact) mass is 387 g/mol. The Hall–Kier alpha value is -0.510. The molecule has 0 spiro atoms. The Labute approximate surface area is 129 Å². The second-order valence-electron chi connectivity index (χ2n) is 4.05. The van der Waals surface area contributed by atoms with Crippen LogP contribution in [-0.4, -0.2) is 0 Å². The van der Waals surface area contributed by atoms with Crippen molar-refractivity contribution in [2.24, 2.45) is 0 Å². The van der Waals surface area contributed by atoms with Crippen molar-refractivity contribution >= 4 is 49.1 Å². The fourth-order valence-electron chi connectivity index (χ4n) is 1.58. The third-order valence-corrected chi connectivity index (χ3v) is 4.53. The van der Waals surface area contributed by atoms with Gasteiger partial charge in [0.25, 0.3) is 0 Å². The number of anilines is 1. The molecule has 0 fully saturated rings. The first kappa shape index (κ1) is 13.9. The molecule has 0 amide bonds. The molecule has 0 aliphatic rings. The van der Waals surface area contributed by atoms with E-state index in [9.17, 15) is 0 Å². The zero-order chi connectivity index (χ0) is 13.1. The second-order valence-corrected chi connectivity index (χ2v) is 6.20. The normalized spacial score (nSPS) is 10.4. The summed E-state index contributed by atoms with van der Waals surface area (Å²) in [7, 11) is 0. The third kappa shape index (κ3) is 3.50. The van der Waals surface area contributed by atoms with Crippen molar-refractivity contribution in [1.29, 1.82) is 0 Å². The van der Waals surface area contributed by atoms with E-state index in [1.165, 1.54) is 5.56 Å². The summed E-state index contributed by atoms with van der Waals surface area (Å²) >= 11 is 13.0. The van der Waals surface area contributed by atoms with Gasteiger partial charge in [-0.05, 0) is 48.4 Å². The molecule has 18 heavy (non-hydrogen) atoms. The Morgan fingerprint density at radius 1 is 1.06 bits per heavy atom. The van der Waals surface area contributed by atoms with Crippen molar-refractivity contribution in [1.82, 2.24) is 0 Å². The molecule has 4 heteroatoms. The number of halogens is 3. The molecule has 0 saturated heterocycles. The van der Waals surface area contributed by atoms with Crippen LogP contribution in [0.5, 0.6) is 0 Å². The minimum absolute atomic E-state index is 0.733. The highest BCUT2D eigenvalue weighted by Gasteiger charge is 2.02. The smallest absolute Gasteiger partial charge is 0.0412 e. The van der Waals surface area contributed by atoms with Gasteiger partial charge in [0, 0.05) is 26.2 Å². The molecule has 0 atom stereocenters. The van der Waals surface area contributed by atoms with Gasteiger partial charge in [-0.1, -0.05) is 49.5 Å². The van der Waals surface area contributed by atoms with Crippen LogP contribution in [0.2, 0.25) is 5.02 Å². The highest BCUT2D eigenvalue weighted by atomic mass is 79.9. The van der Waals surface area contributed by atoms with Gasteiger partial charge < -0.3 is 5.32 Å². The van der Waals surface area contributed by atoms with Crippen LogP contribution in [0.1, 0.15) is 11.1 Å². The van der Waals surface area contributed by atoms with E-state index in [2.05, 4.69) is 62.3 Å². The van der Waals surface area contributed by atoms with Crippen molar-refractivity contribution in [2.45, 2.75) is 13.5 Å². The standard InChI is InChI=1S/C14H12Br2ClN/c1-9-2-4-12(7-14(9)16)18-8-10-6-11(17)3-5-13(10)15/h2-7,18H,8H2,1H3. The van der Waals surface area contributed by atoms with Crippen LogP contribution < -0.4 is 5.32 Å². The second kappa shape index (κ2) is 6.09. The minimum atomic E-state index is 0.733. The lowest BCUT2D eigenvalue weighted by Gasteiger charge is -2.10. The Kier molecular flexibility index (Phi) is 4.71. The summed E-state index contributed by atoms with van der Waals surface area (Å²) in [4.78, 5) is 0. The Bertz CT molecular complexity index is 570. The van der Waals surface area contributed by atoms with E-state index < -0.39 is 0 Å². The number of hydrogen-bond acceptors (Lipinski definition) is 1. The number of aryl methyl sites for hydroxylation is 1. The van der Waals surface area contributed by atoms with Gasteiger partial charge in [0.2, 0.25) is 0 Å². The van der Waals surface area contributed by atoms with Crippen LogP contribution in [-0.2, 0) is 6.54 Å². The molecule has 2 aromatic rings. The fraction of sp³-hybridized carbons (Fsp3) is 0.143. The molecule has 94 valence electrons. The Balaban J connectivity index is 2.11. The van der Waals surface area contributed by atoms with E-state index in [0.717, 1.165) is 31.8 Å². The van der Waals surface area contributed by atoms with Gasteiger partial charge >= 0.3 is 0 Å². The number of rotatable bonds is 3. The van der Waals surface area contributed by atoms with Gasteiger partial charge in [0.1, 0.15) is 0 Å². The van der Waals surface area contributed by atoms with Crippen LogP contribution in [0, 0.1) is 6.92 Å². The zero-order valence-electron chi connectivity index (χ0n) is 9.81. The van der Waals surface area contributed by atoms with E-state index in [0.29, 0.717) is 0 Å². The van der Waals surface area contributed by atoms with Gasteiger partial charge in [-0.25, -0.2) is 0 Å². The predicted molar refractivity (Wildman–Crippen MR) is 85.4 cm³/mol. The maximum atomic E-state index is 5.99. The molecule has 0 bridgehead atoms. The van der Waals surface area contributed by atoms with Crippen LogP contribution in [0.4, 0.5) is 5.69 Å². The molecule has 0 radical (unpaired) electrons. The highest BCUT2D eigenvalue weighted by molar-refractivity contribution is 9.10. The Morgan fingerprint density at radius 2 is 1.83 bits per heavy atom.